The fourth-order valence-electron chi connectivity index (χ4n) is 8.98. The summed E-state index contributed by atoms with van der Waals surface area (Å²) >= 11 is 1.57. The first kappa shape index (κ1) is 56.2. The van der Waals surface area contributed by atoms with Gasteiger partial charge in [0.15, 0.2) is 21.4 Å². The van der Waals surface area contributed by atoms with Crippen molar-refractivity contribution < 1.29 is 51.6 Å². The molecule has 0 bridgehead atoms. The van der Waals surface area contributed by atoms with Gasteiger partial charge in [0.05, 0.1) is 69.7 Å². The van der Waals surface area contributed by atoms with Crippen molar-refractivity contribution in [1.29, 1.82) is 0 Å². The number of aliphatic hydroxyl groups excluding tert-OH is 1. The second-order valence-corrected chi connectivity index (χ2v) is 22.8. The molecule has 1 saturated heterocycles. The number of hydrogen-bond acceptors (Lipinski definition) is 14. The highest BCUT2D eigenvalue weighted by atomic mass is 32.2. The van der Waals surface area contributed by atoms with E-state index < -0.39 is 51.0 Å². The van der Waals surface area contributed by atoms with Crippen LogP contribution in [0.25, 0.3) is 21.5 Å². The summed E-state index contributed by atoms with van der Waals surface area (Å²) in [5.41, 5.74) is 5.42. The predicted molar refractivity (Wildman–Crippen MR) is 286 cm³/mol. The molecule has 2 aromatic heterocycles. The van der Waals surface area contributed by atoms with E-state index in [1.807, 2.05) is 64.4 Å². The number of carbonyl (C=O) groups is 4. The number of nitrogens with one attached hydrogen (secondary N) is 1. The Labute approximate surface area is 441 Å². The van der Waals surface area contributed by atoms with Gasteiger partial charge in [-0.05, 0) is 73.1 Å². The molecule has 3 heterocycles. The highest BCUT2D eigenvalue weighted by Gasteiger charge is 2.44. The van der Waals surface area contributed by atoms with Crippen molar-refractivity contribution in [3.8, 4) is 27.7 Å². The maximum Gasteiger partial charge on any atom is 0.328 e. The summed E-state index contributed by atoms with van der Waals surface area (Å²) in [4.78, 5) is 73.7. The van der Waals surface area contributed by atoms with Gasteiger partial charge in [-0.25, -0.2) is 18.2 Å². The van der Waals surface area contributed by atoms with E-state index in [0.717, 1.165) is 28.1 Å². The second-order valence-electron chi connectivity index (χ2n) is 19.9. The fraction of sp³-hybridized carbons (Fsp3) is 0.429. The first-order valence-electron chi connectivity index (χ1n) is 25.1. The zero-order chi connectivity index (χ0) is 54.0. The first-order valence-corrected chi connectivity index (χ1v) is 27.7. The number of ether oxygens (including phenoxy) is 4. The van der Waals surface area contributed by atoms with Gasteiger partial charge in [0.2, 0.25) is 11.8 Å². The summed E-state index contributed by atoms with van der Waals surface area (Å²) in [5, 5.41) is 13.4. The Kier molecular flexibility index (Phi) is 18.7. The number of hydrogen-bond donors (Lipinski definition) is 2. The number of amides is 2. The summed E-state index contributed by atoms with van der Waals surface area (Å²) in [6.07, 6.45) is 1.14. The third kappa shape index (κ3) is 14.3. The van der Waals surface area contributed by atoms with Crippen LogP contribution in [0, 0.1) is 12.3 Å². The number of aromatic nitrogens is 3. The molecule has 17 nitrogen and oxygen atoms in total. The van der Waals surface area contributed by atoms with E-state index >= 15 is 0 Å². The summed E-state index contributed by atoms with van der Waals surface area (Å²) < 4.78 is 54.2. The Morgan fingerprint density at radius 3 is 2.29 bits per heavy atom. The molecule has 0 unspecified atom stereocenters. The summed E-state index contributed by atoms with van der Waals surface area (Å²) in [5.74, 6) is -0.621. The van der Waals surface area contributed by atoms with E-state index in [-0.39, 0.29) is 85.7 Å². The van der Waals surface area contributed by atoms with Crippen molar-refractivity contribution in [2.45, 2.75) is 102 Å². The molecule has 75 heavy (non-hydrogen) atoms. The molecule has 6 aromatic rings. The normalized spacial score (nSPS) is 15.3. The van der Waals surface area contributed by atoms with Crippen LogP contribution in [0.2, 0.25) is 0 Å². The number of aryl methyl sites for hydroxylation is 4. The lowest BCUT2D eigenvalue weighted by molar-refractivity contribution is -0.144. The number of Topliss-reactive ketones (excluding diaryl/α,β-unsaturated/α-hetero) is 2. The number of aliphatic hydroxyl groups is 1. The molecular formula is C56H67N5O12S2. The fourth-order valence-corrected chi connectivity index (χ4v) is 11.2. The monoisotopic (exact) mass is 1070 g/mol. The lowest BCUT2D eigenvalue weighted by atomic mass is 9.85. The molecule has 1 fully saturated rings. The van der Waals surface area contributed by atoms with Crippen LogP contribution in [0.4, 0.5) is 0 Å². The summed E-state index contributed by atoms with van der Waals surface area (Å²) in [7, 11) is -0.796. The Morgan fingerprint density at radius 1 is 0.880 bits per heavy atom. The Balaban J connectivity index is 0.860. The van der Waals surface area contributed by atoms with E-state index in [2.05, 4.69) is 10.3 Å². The van der Waals surface area contributed by atoms with Gasteiger partial charge in [-0.15, -0.1) is 11.3 Å². The van der Waals surface area contributed by atoms with Crippen LogP contribution in [0.5, 0.6) is 17.2 Å². The topological polar surface area (TPSA) is 215 Å². The number of imidazole rings is 1. The molecule has 3 atom stereocenters. The van der Waals surface area contributed by atoms with Gasteiger partial charge in [-0.1, -0.05) is 70.2 Å². The van der Waals surface area contributed by atoms with E-state index in [4.69, 9.17) is 18.9 Å². The van der Waals surface area contributed by atoms with Gasteiger partial charge in [0.1, 0.15) is 29.9 Å². The molecule has 400 valence electrons. The van der Waals surface area contributed by atoms with E-state index in [1.54, 1.807) is 67.9 Å². The van der Waals surface area contributed by atoms with Crippen LogP contribution in [0.15, 0.2) is 100 Å². The van der Waals surface area contributed by atoms with Gasteiger partial charge in [0, 0.05) is 69.8 Å². The average molecular weight is 1070 g/mol. The number of fused-ring (bicyclic) bond motifs is 1. The van der Waals surface area contributed by atoms with Gasteiger partial charge in [-0.3, -0.25) is 28.3 Å². The number of β-amino-alcohol motifs (C(OH)–C–C–N with tert-alkyl or cyclic N) is 1. The molecule has 19 heteroatoms. The number of thiazole rings is 1. The highest BCUT2D eigenvalue weighted by molar-refractivity contribution is 7.90. The standard InChI is InChI=1S/C56H67N5O12S2/c1-8-23-72-42-13-10-14-43(30-42)73-50-31-46-45(59(6)55(67)60(46)7)28-40(50)34-75(68,69)44-15-9-12-39(27-44)48(63)16-11-24-70-25-26-71-33-51(65)58-53(56(3,4)5)54(66)61-32-41(62)29-47(61)49(64)22-19-37-17-20-38(21-18-37)52-36(2)57-35-74-52/h9-10,12-15,17-18,20-21,27-28,30-31,35,41,47,53,62H,8,11,16,19,22-26,29,32-34H2,1-7H3,(H,58,65)/t41-,47+,53-/m1/s1. The molecule has 0 radical (unpaired) electrons. The maximum absolute atomic E-state index is 14.0. The Morgan fingerprint density at radius 2 is 1.59 bits per heavy atom. The molecular weight excluding hydrogens is 999 g/mol. The number of nitrogens with zero attached hydrogens (tertiary/aromatic N) is 4. The summed E-state index contributed by atoms with van der Waals surface area (Å²) in [6, 6.07) is 22.4. The predicted octanol–water partition coefficient (Wildman–Crippen LogP) is 7.55. The third-order valence-electron chi connectivity index (χ3n) is 13.1. The Bertz CT molecular complexity index is 3170. The maximum atomic E-state index is 14.0. The van der Waals surface area contributed by atoms with E-state index in [1.165, 1.54) is 32.2 Å². The molecule has 0 aliphatic carbocycles. The number of carbonyl (C=O) groups excluding carboxylic acids is 4. The zero-order valence-electron chi connectivity index (χ0n) is 43.6. The molecule has 2 amide bonds. The van der Waals surface area contributed by atoms with Gasteiger partial charge >= 0.3 is 5.69 Å². The number of rotatable bonds is 25. The molecule has 4 aromatic carbocycles. The van der Waals surface area contributed by atoms with Gasteiger partial charge in [0.25, 0.3) is 0 Å². The lowest BCUT2D eigenvalue weighted by Crippen LogP contribution is -2.57. The minimum Gasteiger partial charge on any atom is -0.493 e. The molecule has 0 saturated carbocycles. The second kappa shape index (κ2) is 24.9. The van der Waals surface area contributed by atoms with Crippen molar-refractivity contribution in [1.82, 2.24) is 24.3 Å². The van der Waals surface area contributed by atoms with Gasteiger partial charge in [-0.2, -0.15) is 0 Å². The number of ketones is 2. The SMILES string of the molecule is CCCOc1cccc(Oc2cc3c(cc2CS(=O)(=O)c2cccc(C(=O)CCCOCCOCC(=O)N[C@H](C(=O)N4C[C@H](O)C[C@H]4C(=O)CCc4ccc(-c5scnc5C)cc4)C(C)(C)C)c2)n(C)c(=O)n3C)c1. The number of benzene rings is 4. The van der Waals surface area contributed by atoms with Crippen LogP contribution in [0.3, 0.4) is 0 Å². The van der Waals surface area contributed by atoms with Crippen LogP contribution >= 0.6 is 11.3 Å². The van der Waals surface area contributed by atoms with Crippen molar-refractivity contribution in [2.24, 2.45) is 19.5 Å². The zero-order valence-corrected chi connectivity index (χ0v) is 45.3. The molecule has 1 aliphatic heterocycles. The molecule has 1 aliphatic rings. The van der Waals surface area contributed by atoms with E-state index in [9.17, 15) is 37.5 Å². The van der Waals surface area contributed by atoms with Crippen molar-refractivity contribution in [2.75, 3.05) is 39.6 Å². The van der Waals surface area contributed by atoms with Crippen LogP contribution < -0.4 is 20.5 Å². The molecule has 7 rings (SSSR count). The average Bonchev–Trinajstić information content (AvgIpc) is 4.06. The quantitative estimate of drug-likeness (QED) is 0.0419. The minimum atomic E-state index is -4.04. The lowest BCUT2D eigenvalue weighted by Gasteiger charge is -2.35. The van der Waals surface area contributed by atoms with Crippen molar-refractivity contribution >= 4 is 55.6 Å². The molecule has 2 N–H and O–H groups in total. The van der Waals surface area contributed by atoms with Crippen LogP contribution in [0.1, 0.15) is 87.0 Å². The smallest absolute Gasteiger partial charge is 0.328 e. The molecule has 0 spiro atoms. The first-order chi connectivity index (χ1) is 35.7. The largest absolute Gasteiger partial charge is 0.493 e. The minimum absolute atomic E-state index is 0.0173. The van der Waals surface area contributed by atoms with Crippen LogP contribution in [-0.2, 0) is 60.0 Å². The van der Waals surface area contributed by atoms with E-state index in [0.29, 0.717) is 47.5 Å². The van der Waals surface area contributed by atoms with Crippen LogP contribution in [-0.4, -0.2) is 114 Å². The number of sulfone groups is 1. The highest BCUT2D eigenvalue weighted by Crippen LogP contribution is 2.35. The van der Waals surface area contributed by atoms with Crippen molar-refractivity contribution in [3.63, 3.8) is 0 Å². The van der Waals surface area contributed by atoms with Crippen molar-refractivity contribution in [3.05, 3.63) is 123 Å². The third-order valence-corrected chi connectivity index (χ3v) is 15.7. The number of likely N-dealkylation sites (tertiary alicyclic amines) is 1. The Hall–Kier alpha value is -6.51. The summed E-state index contributed by atoms with van der Waals surface area (Å²) in [6.45, 7) is 9.91. The van der Waals surface area contributed by atoms with Gasteiger partial charge < -0.3 is 34.3 Å².